The number of amidine groups is 1. The first-order chi connectivity index (χ1) is 16.8. The first kappa shape index (κ1) is 23.4. The number of aryl methyl sites for hydroxylation is 1. The molecule has 0 aliphatic rings. The van der Waals surface area contributed by atoms with Gasteiger partial charge in [0.2, 0.25) is 0 Å². The summed E-state index contributed by atoms with van der Waals surface area (Å²) >= 11 is 0. The van der Waals surface area contributed by atoms with Gasteiger partial charge in [0.1, 0.15) is 17.5 Å². The Morgan fingerprint density at radius 3 is 2.51 bits per heavy atom. The van der Waals surface area contributed by atoms with E-state index >= 15 is 0 Å². The number of carbonyl (C=O) groups is 2. The highest BCUT2D eigenvalue weighted by atomic mass is 16.4. The molecule has 10 nitrogen and oxygen atoms in total. The standard InChI is InChI=1S/C25H25N7O3/c1-31-20-14-17(25(35)32(13-11-23(33)34)21-4-2-3-12-28-21)7-10-19(20)30-22(31)15-29-18-8-5-16(6-9-18)24(26)27/h2-10,12,14,29H,11,13,15H2,1H3,(H3,26,27)(H,33,34). The number of rotatable bonds is 9. The van der Waals surface area contributed by atoms with Gasteiger partial charge in [0.05, 0.1) is 24.0 Å². The number of nitrogens with zero attached hydrogens (tertiary/aromatic N) is 4. The summed E-state index contributed by atoms with van der Waals surface area (Å²) in [5.74, 6) is -0.147. The number of pyridine rings is 1. The number of carboxylic acids is 1. The molecule has 0 saturated heterocycles. The first-order valence-corrected chi connectivity index (χ1v) is 10.9. The zero-order valence-corrected chi connectivity index (χ0v) is 19.1. The number of nitrogens with two attached hydrogens (primary N) is 1. The maximum Gasteiger partial charge on any atom is 0.305 e. The van der Waals surface area contributed by atoms with Crippen molar-refractivity contribution in [2.24, 2.45) is 12.8 Å². The van der Waals surface area contributed by atoms with Gasteiger partial charge in [-0.05, 0) is 54.6 Å². The zero-order chi connectivity index (χ0) is 24.9. The molecular weight excluding hydrogens is 446 g/mol. The van der Waals surface area contributed by atoms with Crippen molar-refractivity contribution in [3.05, 3.63) is 83.8 Å². The Morgan fingerprint density at radius 1 is 1.11 bits per heavy atom. The fourth-order valence-electron chi connectivity index (χ4n) is 3.68. The summed E-state index contributed by atoms with van der Waals surface area (Å²) in [4.78, 5) is 34.7. The molecule has 35 heavy (non-hydrogen) atoms. The minimum Gasteiger partial charge on any atom is -0.481 e. The van der Waals surface area contributed by atoms with E-state index in [9.17, 15) is 9.59 Å². The number of hydrogen-bond donors (Lipinski definition) is 4. The molecule has 0 fully saturated rings. The van der Waals surface area contributed by atoms with Gasteiger partial charge < -0.3 is 20.7 Å². The van der Waals surface area contributed by atoms with Gasteiger partial charge in [-0.2, -0.15) is 0 Å². The number of fused-ring (bicyclic) bond motifs is 1. The number of aromatic nitrogens is 3. The van der Waals surface area contributed by atoms with Gasteiger partial charge in [0.25, 0.3) is 5.91 Å². The highest BCUT2D eigenvalue weighted by Gasteiger charge is 2.21. The van der Waals surface area contributed by atoms with Crippen molar-refractivity contribution in [2.75, 3.05) is 16.8 Å². The minimum atomic E-state index is -0.992. The van der Waals surface area contributed by atoms with Gasteiger partial charge in [-0.25, -0.2) is 9.97 Å². The van der Waals surface area contributed by atoms with E-state index in [1.165, 1.54) is 4.90 Å². The van der Waals surface area contributed by atoms with E-state index in [1.807, 2.05) is 23.7 Å². The number of carbonyl (C=O) groups excluding carboxylic acids is 1. The number of aliphatic carboxylic acids is 1. The summed E-state index contributed by atoms with van der Waals surface area (Å²) in [6.45, 7) is 0.457. The Kier molecular flexibility index (Phi) is 6.72. The van der Waals surface area contributed by atoms with Gasteiger partial charge in [-0.1, -0.05) is 6.07 Å². The van der Waals surface area contributed by atoms with Crippen LogP contribution in [0.2, 0.25) is 0 Å². The number of anilines is 2. The number of carboxylic acid groups (broad SMARTS) is 1. The number of nitrogens with one attached hydrogen (secondary N) is 2. The summed E-state index contributed by atoms with van der Waals surface area (Å²) in [7, 11) is 1.88. The lowest BCUT2D eigenvalue weighted by Crippen LogP contribution is -2.33. The molecule has 2 aromatic heterocycles. The maximum atomic E-state index is 13.3. The van der Waals surface area contributed by atoms with E-state index in [-0.39, 0.29) is 24.7 Å². The second-order valence-electron chi connectivity index (χ2n) is 7.92. The molecule has 0 spiro atoms. The number of hydrogen-bond acceptors (Lipinski definition) is 6. The molecule has 0 bridgehead atoms. The maximum absolute atomic E-state index is 13.3. The molecule has 2 heterocycles. The van der Waals surface area contributed by atoms with Crippen molar-refractivity contribution in [2.45, 2.75) is 13.0 Å². The van der Waals surface area contributed by atoms with Crippen molar-refractivity contribution in [1.29, 1.82) is 5.41 Å². The van der Waals surface area contributed by atoms with E-state index in [0.29, 0.717) is 23.5 Å². The lowest BCUT2D eigenvalue weighted by Gasteiger charge is -2.21. The third-order valence-electron chi connectivity index (χ3n) is 5.59. The van der Waals surface area contributed by atoms with Crippen LogP contribution in [-0.4, -0.2) is 43.9 Å². The Bertz CT molecular complexity index is 1380. The van der Waals surface area contributed by atoms with Crippen molar-refractivity contribution in [1.82, 2.24) is 14.5 Å². The molecule has 5 N–H and O–H groups in total. The van der Waals surface area contributed by atoms with E-state index in [2.05, 4.69) is 15.3 Å². The quantitative estimate of drug-likeness (QED) is 0.216. The smallest absolute Gasteiger partial charge is 0.305 e. The molecule has 0 saturated carbocycles. The molecular formula is C25H25N7O3. The monoisotopic (exact) mass is 471 g/mol. The second-order valence-corrected chi connectivity index (χ2v) is 7.92. The molecule has 1 amide bonds. The predicted molar refractivity (Wildman–Crippen MR) is 134 cm³/mol. The summed E-state index contributed by atoms with van der Waals surface area (Å²) in [5.41, 5.74) is 8.94. The van der Waals surface area contributed by atoms with Crippen LogP contribution in [0.1, 0.15) is 28.2 Å². The van der Waals surface area contributed by atoms with Crippen molar-refractivity contribution >= 4 is 40.3 Å². The second kappa shape index (κ2) is 10.0. The van der Waals surface area contributed by atoms with Crippen molar-refractivity contribution in [3.63, 3.8) is 0 Å². The van der Waals surface area contributed by atoms with Crippen LogP contribution in [-0.2, 0) is 18.4 Å². The SMILES string of the molecule is Cn1c(CNc2ccc(C(=N)N)cc2)nc2ccc(C(=O)N(CCC(=O)O)c3ccccn3)cc21. The van der Waals surface area contributed by atoms with E-state index in [4.69, 9.17) is 16.2 Å². The molecule has 10 heteroatoms. The molecule has 178 valence electrons. The lowest BCUT2D eigenvalue weighted by molar-refractivity contribution is -0.136. The third kappa shape index (κ3) is 5.27. The summed E-state index contributed by atoms with van der Waals surface area (Å²) < 4.78 is 1.91. The van der Waals surface area contributed by atoms with Gasteiger partial charge in [-0.15, -0.1) is 0 Å². The molecule has 0 aliphatic heterocycles. The van der Waals surface area contributed by atoms with Crippen LogP contribution in [0.5, 0.6) is 0 Å². The topological polar surface area (TPSA) is 150 Å². The van der Waals surface area contributed by atoms with E-state index in [1.54, 1.807) is 54.7 Å². The normalized spacial score (nSPS) is 10.8. The van der Waals surface area contributed by atoms with Gasteiger partial charge >= 0.3 is 5.97 Å². The van der Waals surface area contributed by atoms with E-state index in [0.717, 1.165) is 22.5 Å². The number of amides is 1. The number of imidazole rings is 1. The highest BCUT2D eigenvalue weighted by Crippen LogP contribution is 2.21. The Hall–Kier alpha value is -4.73. The molecule has 0 aliphatic carbocycles. The zero-order valence-electron chi connectivity index (χ0n) is 19.1. The van der Waals surface area contributed by atoms with E-state index < -0.39 is 5.97 Å². The molecule has 2 aromatic carbocycles. The fraction of sp³-hybridized carbons (Fsp3) is 0.160. The number of benzene rings is 2. The van der Waals surface area contributed by atoms with Crippen LogP contribution in [0.25, 0.3) is 11.0 Å². The summed E-state index contributed by atoms with van der Waals surface area (Å²) in [6, 6.07) is 17.6. The molecule has 4 aromatic rings. The first-order valence-electron chi connectivity index (χ1n) is 10.9. The average Bonchev–Trinajstić information content (AvgIpc) is 3.18. The Balaban J connectivity index is 1.56. The molecule has 4 rings (SSSR count). The number of nitrogen functional groups attached to an aromatic ring is 1. The minimum absolute atomic E-state index is 0.00614. The van der Waals surface area contributed by atoms with Crippen LogP contribution in [0.4, 0.5) is 11.5 Å². The van der Waals surface area contributed by atoms with Crippen molar-refractivity contribution < 1.29 is 14.7 Å². The van der Waals surface area contributed by atoms with Crippen LogP contribution >= 0.6 is 0 Å². The molecule has 0 radical (unpaired) electrons. The van der Waals surface area contributed by atoms with Crippen LogP contribution < -0.4 is 16.0 Å². The van der Waals surface area contributed by atoms with Crippen LogP contribution in [0.15, 0.2) is 66.9 Å². The third-order valence-corrected chi connectivity index (χ3v) is 5.59. The lowest BCUT2D eigenvalue weighted by atomic mass is 10.1. The van der Waals surface area contributed by atoms with Gasteiger partial charge in [0.15, 0.2) is 0 Å². The Morgan fingerprint density at radius 2 is 1.86 bits per heavy atom. The highest BCUT2D eigenvalue weighted by molar-refractivity contribution is 6.07. The van der Waals surface area contributed by atoms with Crippen LogP contribution in [0.3, 0.4) is 0 Å². The summed E-state index contributed by atoms with van der Waals surface area (Å²) in [6.07, 6.45) is 1.37. The fourth-order valence-corrected chi connectivity index (χ4v) is 3.68. The average molecular weight is 472 g/mol. The van der Waals surface area contributed by atoms with Gasteiger partial charge in [-0.3, -0.25) is 19.9 Å². The van der Waals surface area contributed by atoms with Crippen molar-refractivity contribution in [3.8, 4) is 0 Å². The summed E-state index contributed by atoms with van der Waals surface area (Å²) in [5, 5.41) is 19.9. The molecule has 0 unspecified atom stereocenters. The predicted octanol–water partition coefficient (Wildman–Crippen LogP) is 2.99. The largest absolute Gasteiger partial charge is 0.481 e. The Labute approximate surface area is 201 Å². The van der Waals surface area contributed by atoms with Crippen LogP contribution in [0, 0.1) is 5.41 Å². The molecule has 0 atom stereocenters. The van der Waals surface area contributed by atoms with Gasteiger partial charge in [0, 0.05) is 36.6 Å².